The van der Waals surface area contributed by atoms with E-state index < -0.39 is 0 Å². The Kier molecular flexibility index (Phi) is 4.23. The molecule has 2 aromatic carbocycles. The predicted octanol–water partition coefficient (Wildman–Crippen LogP) is 3.63. The summed E-state index contributed by atoms with van der Waals surface area (Å²) in [5.74, 6) is 0. The molecule has 0 aliphatic carbocycles. The van der Waals surface area contributed by atoms with Crippen LogP contribution in [-0.4, -0.2) is 17.4 Å². The monoisotopic (exact) mass is 215 g/mol. The lowest BCUT2D eigenvalue weighted by atomic mass is 10.1. The third-order valence-corrected chi connectivity index (χ3v) is 2.29. The molecule has 0 amide bonds. The third-order valence-electron chi connectivity index (χ3n) is 1.96. The van der Waals surface area contributed by atoms with Crippen molar-refractivity contribution in [2.75, 3.05) is 0 Å². The summed E-state index contributed by atoms with van der Waals surface area (Å²) in [7, 11) is 0. The van der Waals surface area contributed by atoms with Gasteiger partial charge in [-0.3, -0.25) is 0 Å². The number of hydrogen-bond acceptors (Lipinski definition) is 0. The van der Waals surface area contributed by atoms with E-state index in [-0.39, 0.29) is 17.4 Å². The first kappa shape index (κ1) is 11.3. The van der Waals surface area contributed by atoms with Gasteiger partial charge in [0.15, 0.2) is 0 Å². The first-order chi connectivity index (χ1) is 6.38. The van der Waals surface area contributed by atoms with Crippen LogP contribution in [0.3, 0.4) is 0 Å². The maximum Gasteiger partial charge on any atom is 0.0484 e. The molecule has 0 N–H and O–H groups in total. The number of hydrogen-bond donors (Lipinski definition) is 0. The van der Waals surface area contributed by atoms with E-state index in [1.165, 1.54) is 0 Å². The van der Waals surface area contributed by atoms with Crippen LogP contribution in [0.5, 0.6) is 0 Å². The van der Waals surface area contributed by atoms with Crippen molar-refractivity contribution >= 4 is 29.0 Å². The lowest BCUT2D eigenvalue weighted by Crippen LogP contribution is -1.77. The van der Waals surface area contributed by atoms with Crippen molar-refractivity contribution < 1.29 is 0 Å². The summed E-state index contributed by atoms with van der Waals surface area (Å²) >= 11 is 6.06. The molecule has 0 spiro atoms. The van der Waals surface area contributed by atoms with E-state index in [0.29, 0.717) is 0 Å². The van der Waals surface area contributed by atoms with E-state index in [4.69, 9.17) is 11.6 Å². The van der Waals surface area contributed by atoms with Gasteiger partial charge in [-0.1, -0.05) is 60.1 Å². The van der Waals surface area contributed by atoms with Gasteiger partial charge in [-0.15, -0.1) is 0 Å². The fourth-order valence-electron chi connectivity index (χ4n) is 1.31. The highest BCUT2D eigenvalue weighted by molar-refractivity contribution is 6.33. The SMILES string of the molecule is Clc1ccccc1-c1ccccc1.[Al]. The van der Waals surface area contributed by atoms with Crippen LogP contribution in [-0.2, 0) is 0 Å². The minimum absolute atomic E-state index is 0. The Hall–Kier alpha value is -0.738. The van der Waals surface area contributed by atoms with Crippen molar-refractivity contribution in [1.82, 2.24) is 0 Å². The first-order valence-corrected chi connectivity index (χ1v) is 4.55. The molecule has 0 aromatic heterocycles. The standard InChI is InChI=1S/C12H9Cl.Al/c13-12-9-5-4-8-11(12)10-6-2-1-3-7-10;/h1-9H;. The summed E-state index contributed by atoms with van der Waals surface area (Å²) < 4.78 is 0. The van der Waals surface area contributed by atoms with Crippen molar-refractivity contribution in [2.24, 2.45) is 0 Å². The average molecular weight is 216 g/mol. The third kappa shape index (κ3) is 2.39. The normalized spacial score (nSPS) is 9.21. The highest BCUT2D eigenvalue weighted by Gasteiger charge is 1.99. The van der Waals surface area contributed by atoms with Gasteiger partial charge in [0, 0.05) is 27.9 Å². The van der Waals surface area contributed by atoms with Crippen LogP contribution in [0.25, 0.3) is 11.1 Å². The molecular weight excluding hydrogens is 207 g/mol. The van der Waals surface area contributed by atoms with Gasteiger partial charge in [0.25, 0.3) is 0 Å². The largest absolute Gasteiger partial charge is 0.0837 e. The fourth-order valence-corrected chi connectivity index (χ4v) is 1.56. The van der Waals surface area contributed by atoms with Crippen molar-refractivity contribution in [3.63, 3.8) is 0 Å². The first-order valence-electron chi connectivity index (χ1n) is 4.18. The average Bonchev–Trinajstić information content (AvgIpc) is 2.20. The minimum atomic E-state index is 0. The lowest BCUT2D eigenvalue weighted by molar-refractivity contribution is 1.62. The second-order valence-electron chi connectivity index (χ2n) is 2.85. The Morgan fingerprint density at radius 1 is 0.714 bits per heavy atom. The molecule has 2 rings (SSSR count). The molecule has 0 bridgehead atoms. The van der Waals surface area contributed by atoms with Crippen molar-refractivity contribution in [3.05, 3.63) is 59.6 Å². The van der Waals surface area contributed by atoms with Crippen LogP contribution < -0.4 is 0 Å². The van der Waals surface area contributed by atoms with Crippen LogP contribution >= 0.6 is 11.6 Å². The second kappa shape index (κ2) is 5.22. The zero-order valence-corrected chi connectivity index (χ0v) is 9.56. The number of rotatable bonds is 1. The summed E-state index contributed by atoms with van der Waals surface area (Å²) in [5, 5.41) is 0.800. The zero-order valence-electron chi connectivity index (χ0n) is 7.65. The zero-order chi connectivity index (χ0) is 9.10. The smallest absolute Gasteiger partial charge is 0.0484 e. The molecule has 0 nitrogen and oxygen atoms in total. The van der Waals surface area contributed by atoms with Gasteiger partial charge in [0.2, 0.25) is 0 Å². The molecule has 0 saturated carbocycles. The summed E-state index contributed by atoms with van der Waals surface area (Å²) in [4.78, 5) is 0. The Balaban J connectivity index is 0.000000980. The Labute approximate surface area is 99.7 Å². The van der Waals surface area contributed by atoms with Crippen LogP contribution in [0.4, 0.5) is 0 Å². The van der Waals surface area contributed by atoms with Crippen LogP contribution in [0, 0.1) is 0 Å². The van der Waals surface area contributed by atoms with Gasteiger partial charge in [-0.25, -0.2) is 0 Å². The maximum absolute atomic E-state index is 6.06. The molecule has 2 aromatic rings. The summed E-state index contributed by atoms with van der Waals surface area (Å²) in [6, 6.07) is 18.0. The molecular formula is C12H9AlCl. The van der Waals surface area contributed by atoms with Gasteiger partial charge in [0.1, 0.15) is 0 Å². The molecule has 3 radical (unpaired) electrons. The van der Waals surface area contributed by atoms with Crippen LogP contribution in [0.2, 0.25) is 5.02 Å². The molecule has 2 heteroatoms. The molecule has 0 saturated heterocycles. The van der Waals surface area contributed by atoms with E-state index in [1.54, 1.807) is 0 Å². The Morgan fingerprint density at radius 2 is 1.29 bits per heavy atom. The molecule has 0 aliphatic rings. The molecule has 0 atom stereocenters. The summed E-state index contributed by atoms with van der Waals surface area (Å²) in [6.45, 7) is 0. The topological polar surface area (TPSA) is 0 Å². The maximum atomic E-state index is 6.06. The van der Waals surface area contributed by atoms with Crippen molar-refractivity contribution in [1.29, 1.82) is 0 Å². The minimum Gasteiger partial charge on any atom is -0.0837 e. The van der Waals surface area contributed by atoms with E-state index >= 15 is 0 Å². The van der Waals surface area contributed by atoms with Crippen molar-refractivity contribution in [3.8, 4) is 11.1 Å². The van der Waals surface area contributed by atoms with E-state index in [2.05, 4.69) is 12.1 Å². The van der Waals surface area contributed by atoms with Gasteiger partial charge in [-0.05, 0) is 11.6 Å². The van der Waals surface area contributed by atoms with Gasteiger partial charge >= 0.3 is 0 Å². The van der Waals surface area contributed by atoms with Gasteiger partial charge < -0.3 is 0 Å². The Morgan fingerprint density at radius 3 is 1.93 bits per heavy atom. The van der Waals surface area contributed by atoms with E-state index in [0.717, 1.165) is 16.1 Å². The van der Waals surface area contributed by atoms with Gasteiger partial charge in [0.05, 0.1) is 0 Å². The highest BCUT2D eigenvalue weighted by Crippen LogP contribution is 2.26. The quantitative estimate of drug-likeness (QED) is 0.638. The molecule has 14 heavy (non-hydrogen) atoms. The fraction of sp³-hybridized carbons (Fsp3) is 0. The van der Waals surface area contributed by atoms with Crippen LogP contribution in [0.15, 0.2) is 54.6 Å². The molecule has 0 heterocycles. The highest BCUT2D eigenvalue weighted by atomic mass is 35.5. The van der Waals surface area contributed by atoms with E-state index in [1.807, 2.05) is 42.5 Å². The molecule has 67 valence electrons. The number of halogens is 1. The van der Waals surface area contributed by atoms with Gasteiger partial charge in [-0.2, -0.15) is 0 Å². The second-order valence-corrected chi connectivity index (χ2v) is 3.25. The molecule has 0 fully saturated rings. The van der Waals surface area contributed by atoms with E-state index in [9.17, 15) is 0 Å². The summed E-state index contributed by atoms with van der Waals surface area (Å²) in [6.07, 6.45) is 0. The predicted molar refractivity (Wildman–Crippen MR) is 62.6 cm³/mol. The van der Waals surface area contributed by atoms with Crippen molar-refractivity contribution in [2.45, 2.75) is 0 Å². The Bertz CT molecular complexity index is 398. The number of benzene rings is 2. The molecule has 0 aliphatic heterocycles. The summed E-state index contributed by atoms with van der Waals surface area (Å²) in [5.41, 5.74) is 2.25. The van der Waals surface area contributed by atoms with Crippen LogP contribution in [0.1, 0.15) is 0 Å². The lowest BCUT2D eigenvalue weighted by Gasteiger charge is -2.02. The molecule has 0 unspecified atom stereocenters.